The Balaban J connectivity index is 1.42. The summed E-state index contributed by atoms with van der Waals surface area (Å²) in [6.45, 7) is 4.48. The van der Waals surface area contributed by atoms with Crippen LogP contribution in [0.1, 0.15) is 102 Å². The quantitative estimate of drug-likeness (QED) is 0.110. The van der Waals surface area contributed by atoms with Crippen LogP contribution >= 0.6 is 0 Å². The Hall–Kier alpha value is -3.40. The average Bonchev–Trinajstić information content (AvgIpc) is 2.97. The van der Waals surface area contributed by atoms with Gasteiger partial charge in [-0.1, -0.05) is 90.2 Å². The smallest absolute Gasteiger partial charge is 0.197 e. The lowest BCUT2D eigenvalue weighted by molar-refractivity contribution is 0.607. The number of H-pyrrole nitrogens is 2. The van der Waals surface area contributed by atoms with Gasteiger partial charge in [-0.15, -0.1) is 0 Å². The largest absolute Gasteiger partial charge is 0.354 e. The van der Waals surface area contributed by atoms with Gasteiger partial charge in [0.05, 0.1) is 11.0 Å². The van der Waals surface area contributed by atoms with Gasteiger partial charge in [0, 0.05) is 32.6 Å². The van der Waals surface area contributed by atoms with E-state index in [1.54, 1.807) is 0 Å². The zero-order valence-corrected chi connectivity index (χ0v) is 24.3. The number of hydrogen-bond donors (Lipinski definition) is 2. The molecule has 0 spiro atoms. The fourth-order valence-electron chi connectivity index (χ4n) is 6.07. The van der Waals surface area contributed by atoms with Crippen molar-refractivity contribution in [1.82, 2.24) is 9.97 Å². The molecule has 5 rings (SSSR count). The molecule has 5 aromatic rings. The summed E-state index contributed by atoms with van der Waals surface area (Å²) in [4.78, 5) is 34.1. The SMILES string of the molecule is CCCCCCCCc1ccc2[nH]c3cc4c(=O)c5cc(CCCCCCCC)ccc5[nH]c4cc3c(=O)c2c1. The minimum atomic E-state index is 0.0191. The third-order valence-corrected chi connectivity index (χ3v) is 8.48. The predicted octanol–water partition coefficient (Wildman–Crippen LogP) is 9.48. The molecule has 210 valence electrons. The molecule has 2 aromatic heterocycles. The predicted molar refractivity (Wildman–Crippen MR) is 172 cm³/mol. The van der Waals surface area contributed by atoms with Crippen molar-refractivity contribution in [3.63, 3.8) is 0 Å². The summed E-state index contributed by atoms with van der Waals surface area (Å²) in [5.41, 5.74) is 5.53. The molecule has 0 amide bonds. The van der Waals surface area contributed by atoms with Crippen LogP contribution in [0.25, 0.3) is 43.6 Å². The summed E-state index contributed by atoms with van der Waals surface area (Å²) in [5.74, 6) is 0. The molecule has 0 saturated heterocycles. The Bertz CT molecular complexity index is 1600. The molecule has 0 radical (unpaired) electrons. The van der Waals surface area contributed by atoms with E-state index in [-0.39, 0.29) is 10.9 Å². The number of hydrogen-bond acceptors (Lipinski definition) is 2. The van der Waals surface area contributed by atoms with Crippen molar-refractivity contribution in [3.05, 3.63) is 80.1 Å². The molecule has 0 aliphatic rings. The van der Waals surface area contributed by atoms with Crippen LogP contribution in [0.15, 0.2) is 58.1 Å². The molecule has 3 aromatic carbocycles. The first-order chi connectivity index (χ1) is 19.6. The first-order valence-corrected chi connectivity index (χ1v) is 15.7. The van der Waals surface area contributed by atoms with Crippen LogP contribution in [0.5, 0.6) is 0 Å². The van der Waals surface area contributed by atoms with Crippen molar-refractivity contribution < 1.29 is 0 Å². The first-order valence-electron chi connectivity index (χ1n) is 15.7. The Morgan fingerprint density at radius 1 is 0.450 bits per heavy atom. The van der Waals surface area contributed by atoms with Crippen molar-refractivity contribution >= 4 is 43.6 Å². The molecule has 4 heteroatoms. The van der Waals surface area contributed by atoms with Crippen LogP contribution in [0.2, 0.25) is 0 Å². The number of aryl methyl sites for hydroxylation is 2. The molecule has 2 N–H and O–H groups in total. The minimum Gasteiger partial charge on any atom is -0.354 e. The molecule has 0 aliphatic heterocycles. The molecule has 40 heavy (non-hydrogen) atoms. The van der Waals surface area contributed by atoms with Gasteiger partial charge in [-0.2, -0.15) is 0 Å². The number of rotatable bonds is 14. The van der Waals surface area contributed by atoms with Gasteiger partial charge in [-0.3, -0.25) is 9.59 Å². The minimum absolute atomic E-state index is 0.0191. The summed E-state index contributed by atoms with van der Waals surface area (Å²) in [5, 5.41) is 2.67. The zero-order chi connectivity index (χ0) is 27.9. The van der Waals surface area contributed by atoms with Crippen molar-refractivity contribution in [2.75, 3.05) is 0 Å². The highest BCUT2D eigenvalue weighted by Crippen LogP contribution is 2.23. The molecule has 0 aliphatic carbocycles. The summed E-state index contributed by atoms with van der Waals surface area (Å²) in [7, 11) is 0. The second-order valence-electron chi connectivity index (χ2n) is 11.6. The lowest BCUT2D eigenvalue weighted by atomic mass is 10.0. The summed E-state index contributed by atoms with van der Waals surface area (Å²) in [6, 6.07) is 16.1. The van der Waals surface area contributed by atoms with E-state index in [9.17, 15) is 9.59 Å². The summed E-state index contributed by atoms with van der Waals surface area (Å²) in [6.07, 6.45) is 17.1. The van der Waals surface area contributed by atoms with Crippen molar-refractivity contribution in [2.45, 2.75) is 104 Å². The Morgan fingerprint density at radius 2 is 0.825 bits per heavy atom. The van der Waals surface area contributed by atoms with E-state index in [1.807, 2.05) is 24.3 Å². The van der Waals surface area contributed by atoms with Crippen molar-refractivity contribution in [1.29, 1.82) is 0 Å². The maximum atomic E-state index is 13.6. The number of aromatic nitrogens is 2. The molecule has 0 atom stereocenters. The van der Waals surface area contributed by atoms with Gasteiger partial charge >= 0.3 is 0 Å². The highest BCUT2D eigenvalue weighted by Gasteiger charge is 2.12. The number of nitrogens with one attached hydrogen (secondary N) is 2. The maximum Gasteiger partial charge on any atom is 0.197 e. The lowest BCUT2D eigenvalue weighted by Crippen LogP contribution is -2.08. The van der Waals surface area contributed by atoms with E-state index in [2.05, 4.69) is 48.1 Å². The van der Waals surface area contributed by atoms with E-state index >= 15 is 0 Å². The van der Waals surface area contributed by atoms with Gasteiger partial charge in [0.25, 0.3) is 0 Å². The standard InChI is InChI=1S/C36H44N2O2/c1-3-5-7-9-11-13-15-25-17-19-31-27(21-25)35(39)29-23-34-30(24-33(29)37-31)36(40)28-22-26(18-20-32(28)38-34)16-14-12-10-8-6-4-2/h17-24H,3-16H2,1-2H3,(H,37,39)(H,38,40). The number of unbranched alkanes of at least 4 members (excludes halogenated alkanes) is 10. The van der Waals surface area contributed by atoms with Gasteiger partial charge in [0.15, 0.2) is 10.9 Å². The van der Waals surface area contributed by atoms with Crippen molar-refractivity contribution in [3.8, 4) is 0 Å². The molecule has 0 fully saturated rings. The first kappa shape index (κ1) is 28.1. The fraction of sp³-hybridized carbons (Fsp3) is 0.444. The zero-order valence-electron chi connectivity index (χ0n) is 24.3. The molecule has 0 unspecified atom stereocenters. The normalized spacial score (nSPS) is 11.8. The average molecular weight is 537 g/mol. The second-order valence-corrected chi connectivity index (χ2v) is 11.6. The van der Waals surface area contributed by atoms with E-state index in [1.165, 1.54) is 75.3 Å². The lowest BCUT2D eigenvalue weighted by Gasteiger charge is -2.09. The highest BCUT2D eigenvalue weighted by molar-refractivity contribution is 6.02. The Morgan fingerprint density at radius 3 is 1.25 bits per heavy atom. The van der Waals surface area contributed by atoms with Gasteiger partial charge in [-0.05, 0) is 73.2 Å². The van der Waals surface area contributed by atoms with E-state index in [0.29, 0.717) is 21.8 Å². The van der Waals surface area contributed by atoms with E-state index in [4.69, 9.17) is 0 Å². The van der Waals surface area contributed by atoms with Crippen LogP contribution in [0.4, 0.5) is 0 Å². The number of pyridine rings is 2. The van der Waals surface area contributed by atoms with Gasteiger partial charge < -0.3 is 9.97 Å². The van der Waals surface area contributed by atoms with Gasteiger partial charge in [0.1, 0.15) is 0 Å². The number of aromatic amines is 2. The molecule has 4 nitrogen and oxygen atoms in total. The number of benzene rings is 3. The molecule has 0 saturated carbocycles. The second kappa shape index (κ2) is 13.3. The van der Waals surface area contributed by atoms with Crippen LogP contribution in [0, 0.1) is 0 Å². The van der Waals surface area contributed by atoms with Crippen molar-refractivity contribution in [2.24, 2.45) is 0 Å². The van der Waals surface area contributed by atoms with Crippen LogP contribution in [-0.2, 0) is 12.8 Å². The van der Waals surface area contributed by atoms with Gasteiger partial charge in [0.2, 0.25) is 0 Å². The monoisotopic (exact) mass is 536 g/mol. The van der Waals surface area contributed by atoms with Crippen LogP contribution in [0.3, 0.4) is 0 Å². The summed E-state index contributed by atoms with van der Waals surface area (Å²) < 4.78 is 0. The van der Waals surface area contributed by atoms with Gasteiger partial charge in [-0.25, -0.2) is 0 Å². The topological polar surface area (TPSA) is 65.7 Å². The Labute approximate surface area is 237 Å². The molecular weight excluding hydrogens is 492 g/mol. The summed E-state index contributed by atoms with van der Waals surface area (Å²) >= 11 is 0. The van der Waals surface area contributed by atoms with Crippen LogP contribution in [-0.4, -0.2) is 9.97 Å². The highest BCUT2D eigenvalue weighted by atomic mass is 16.1. The number of fused-ring (bicyclic) bond motifs is 4. The molecular formula is C36H44N2O2. The third-order valence-electron chi connectivity index (χ3n) is 8.48. The molecule has 2 heterocycles. The maximum absolute atomic E-state index is 13.6. The van der Waals surface area contributed by atoms with E-state index in [0.717, 1.165) is 47.5 Å². The Kier molecular flexibility index (Phi) is 9.36. The van der Waals surface area contributed by atoms with E-state index < -0.39 is 0 Å². The fourth-order valence-corrected chi connectivity index (χ4v) is 6.07. The third kappa shape index (κ3) is 6.32. The molecule has 0 bridgehead atoms. The van der Waals surface area contributed by atoms with Crippen LogP contribution < -0.4 is 10.9 Å².